The monoisotopic (exact) mass is 311 g/mol. The summed E-state index contributed by atoms with van der Waals surface area (Å²) < 4.78 is 5.20. The summed E-state index contributed by atoms with van der Waals surface area (Å²) in [7, 11) is 0. The lowest BCUT2D eigenvalue weighted by molar-refractivity contribution is 0.0928. The summed E-state index contributed by atoms with van der Waals surface area (Å²) in [5.41, 5.74) is 6.93. The fourth-order valence-electron chi connectivity index (χ4n) is 2.81. The number of hydrogen-bond acceptors (Lipinski definition) is 6. The topological polar surface area (TPSA) is 107 Å². The number of anilines is 1. The van der Waals surface area contributed by atoms with Gasteiger partial charge in [-0.1, -0.05) is 6.42 Å². The van der Waals surface area contributed by atoms with Crippen LogP contribution in [0.4, 0.5) is 5.82 Å². The number of aromatic nitrogens is 3. The minimum atomic E-state index is -0.357. The quantitative estimate of drug-likeness (QED) is 0.833. The molecule has 2 atom stereocenters. The van der Waals surface area contributed by atoms with Gasteiger partial charge in [-0.15, -0.1) is 12.3 Å². The molecule has 23 heavy (non-hydrogen) atoms. The summed E-state index contributed by atoms with van der Waals surface area (Å²) in [6.07, 6.45) is 11.2. The Hall–Kier alpha value is -2.88. The highest BCUT2D eigenvalue weighted by atomic mass is 16.3. The summed E-state index contributed by atoms with van der Waals surface area (Å²) in [6.45, 7) is 1.72. The highest BCUT2D eigenvalue weighted by Crippen LogP contribution is 2.26. The Morgan fingerprint density at radius 1 is 1.48 bits per heavy atom. The summed E-state index contributed by atoms with van der Waals surface area (Å²) in [4.78, 5) is 24.9. The minimum absolute atomic E-state index is 0.0385. The van der Waals surface area contributed by atoms with Crippen molar-refractivity contribution in [3.05, 3.63) is 23.8 Å². The highest BCUT2D eigenvalue weighted by molar-refractivity contribution is 5.96. The molecule has 0 radical (unpaired) electrons. The molecule has 0 unspecified atom stereocenters. The van der Waals surface area contributed by atoms with E-state index in [9.17, 15) is 4.79 Å². The number of rotatable bonds is 3. The van der Waals surface area contributed by atoms with Gasteiger partial charge in [0.05, 0.1) is 11.9 Å². The van der Waals surface area contributed by atoms with Gasteiger partial charge in [-0.2, -0.15) is 0 Å². The standard InChI is InChI=1S/C16H17N5O2/c1-3-10-5-4-6-11(10)20-15(22)13-14(17)21-12(9(2)19-13)16-18-7-8-23-16/h1,7-8,10-11H,4-6H2,2H3,(H2,17,21)(H,20,22)/t10-,11-/m0/s1. The Kier molecular flexibility index (Phi) is 3.98. The first-order valence-corrected chi connectivity index (χ1v) is 7.41. The lowest BCUT2D eigenvalue weighted by Crippen LogP contribution is -2.38. The number of nitrogens with zero attached hydrogens (tertiary/aromatic N) is 3. The van der Waals surface area contributed by atoms with E-state index >= 15 is 0 Å². The predicted octanol–water partition coefficient (Wildman–Crippen LogP) is 1.55. The second-order valence-corrected chi connectivity index (χ2v) is 5.51. The molecular formula is C16H17N5O2. The SMILES string of the molecule is C#C[C@H]1CCC[C@@H]1NC(=O)c1nc(C)c(-c2ncco2)nc1N. The van der Waals surface area contributed by atoms with Crippen molar-refractivity contribution in [2.45, 2.75) is 32.2 Å². The number of oxazole rings is 1. The largest absolute Gasteiger partial charge is 0.443 e. The molecule has 3 rings (SSSR count). The number of amides is 1. The number of nitrogen functional groups attached to an aromatic ring is 1. The molecule has 1 fully saturated rings. The molecule has 3 N–H and O–H groups in total. The highest BCUT2D eigenvalue weighted by Gasteiger charge is 2.28. The van der Waals surface area contributed by atoms with E-state index in [1.54, 1.807) is 6.92 Å². The van der Waals surface area contributed by atoms with Crippen molar-refractivity contribution >= 4 is 11.7 Å². The summed E-state index contributed by atoms with van der Waals surface area (Å²) >= 11 is 0. The molecule has 0 aromatic carbocycles. The Balaban J connectivity index is 1.84. The van der Waals surface area contributed by atoms with E-state index in [-0.39, 0.29) is 29.4 Å². The molecular weight excluding hydrogens is 294 g/mol. The molecule has 1 amide bonds. The molecule has 0 aliphatic heterocycles. The van der Waals surface area contributed by atoms with E-state index in [0.29, 0.717) is 17.3 Å². The van der Waals surface area contributed by atoms with E-state index in [0.717, 1.165) is 19.3 Å². The van der Waals surface area contributed by atoms with Crippen LogP contribution in [0, 0.1) is 25.2 Å². The van der Waals surface area contributed by atoms with Crippen LogP contribution in [0.2, 0.25) is 0 Å². The van der Waals surface area contributed by atoms with Crippen LogP contribution in [0.3, 0.4) is 0 Å². The third-order valence-electron chi connectivity index (χ3n) is 3.99. The van der Waals surface area contributed by atoms with Gasteiger partial charge in [-0.3, -0.25) is 4.79 Å². The second kappa shape index (κ2) is 6.08. The Morgan fingerprint density at radius 3 is 3.00 bits per heavy atom. The zero-order valence-corrected chi connectivity index (χ0v) is 12.7. The van der Waals surface area contributed by atoms with Crippen molar-refractivity contribution in [3.63, 3.8) is 0 Å². The maximum Gasteiger partial charge on any atom is 0.273 e. The number of nitrogens with one attached hydrogen (secondary N) is 1. The Bertz CT molecular complexity index is 764. The molecule has 1 aliphatic carbocycles. The normalized spacial score (nSPS) is 20.2. The van der Waals surface area contributed by atoms with Crippen LogP contribution in [0.25, 0.3) is 11.6 Å². The number of hydrogen-bond donors (Lipinski definition) is 2. The van der Waals surface area contributed by atoms with E-state index < -0.39 is 0 Å². The minimum Gasteiger partial charge on any atom is -0.443 e. The summed E-state index contributed by atoms with van der Waals surface area (Å²) in [5.74, 6) is 2.78. The smallest absolute Gasteiger partial charge is 0.273 e. The zero-order chi connectivity index (χ0) is 16.4. The number of terminal acetylenes is 1. The molecule has 7 nitrogen and oxygen atoms in total. The van der Waals surface area contributed by atoms with E-state index in [4.69, 9.17) is 16.6 Å². The van der Waals surface area contributed by atoms with Gasteiger partial charge >= 0.3 is 0 Å². The van der Waals surface area contributed by atoms with Crippen molar-refractivity contribution in [2.24, 2.45) is 5.92 Å². The molecule has 7 heteroatoms. The van der Waals surface area contributed by atoms with Gasteiger partial charge in [0.15, 0.2) is 11.5 Å². The van der Waals surface area contributed by atoms with E-state index in [1.165, 1.54) is 12.5 Å². The summed E-state index contributed by atoms with van der Waals surface area (Å²) in [6, 6.07) is -0.0413. The van der Waals surface area contributed by atoms with Gasteiger partial charge in [0.1, 0.15) is 12.0 Å². The van der Waals surface area contributed by atoms with Gasteiger partial charge in [0, 0.05) is 12.0 Å². The molecule has 2 aromatic rings. The maximum absolute atomic E-state index is 12.4. The van der Waals surface area contributed by atoms with Crippen LogP contribution in [0.1, 0.15) is 35.4 Å². The van der Waals surface area contributed by atoms with E-state index in [1.807, 2.05) is 0 Å². The van der Waals surface area contributed by atoms with Crippen molar-refractivity contribution in [1.29, 1.82) is 0 Å². The maximum atomic E-state index is 12.4. The average molecular weight is 311 g/mol. The summed E-state index contributed by atoms with van der Waals surface area (Å²) in [5, 5.41) is 2.92. The lowest BCUT2D eigenvalue weighted by atomic mass is 10.1. The van der Waals surface area contributed by atoms with E-state index in [2.05, 4.69) is 26.2 Å². The van der Waals surface area contributed by atoms with Crippen LogP contribution >= 0.6 is 0 Å². The number of carbonyl (C=O) groups excluding carboxylic acids is 1. The first kappa shape index (κ1) is 15.0. The van der Waals surface area contributed by atoms with Gasteiger partial charge in [-0.25, -0.2) is 15.0 Å². The molecule has 2 aromatic heterocycles. The number of nitrogens with two attached hydrogens (primary N) is 1. The van der Waals surface area contributed by atoms with Gasteiger partial charge < -0.3 is 15.5 Å². The van der Waals surface area contributed by atoms with Crippen LogP contribution in [-0.4, -0.2) is 26.9 Å². The molecule has 2 heterocycles. The van der Waals surface area contributed by atoms with Crippen molar-refractivity contribution in [1.82, 2.24) is 20.3 Å². The predicted molar refractivity (Wildman–Crippen MR) is 84.1 cm³/mol. The van der Waals surface area contributed by atoms with Gasteiger partial charge in [0.2, 0.25) is 5.89 Å². The number of carbonyl (C=O) groups is 1. The van der Waals surface area contributed by atoms with Gasteiger partial charge in [0.25, 0.3) is 5.91 Å². The fraction of sp³-hybridized carbons (Fsp3) is 0.375. The van der Waals surface area contributed by atoms with Crippen LogP contribution in [0.5, 0.6) is 0 Å². The van der Waals surface area contributed by atoms with Crippen molar-refractivity contribution < 1.29 is 9.21 Å². The Morgan fingerprint density at radius 2 is 2.30 bits per heavy atom. The van der Waals surface area contributed by atoms with Crippen LogP contribution in [-0.2, 0) is 0 Å². The fourth-order valence-corrected chi connectivity index (χ4v) is 2.81. The van der Waals surface area contributed by atoms with Crippen LogP contribution in [0.15, 0.2) is 16.9 Å². The average Bonchev–Trinajstić information content (AvgIpc) is 3.20. The molecule has 0 spiro atoms. The molecule has 118 valence electrons. The molecule has 1 saturated carbocycles. The Labute approximate surface area is 133 Å². The first-order chi connectivity index (χ1) is 11.1. The third kappa shape index (κ3) is 2.88. The van der Waals surface area contributed by atoms with Gasteiger partial charge in [-0.05, 0) is 19.8 Å². The van der Waals surface area contributed by atoms with Crippen LogP contribution < -0.4 is 11.1 Å². The third-order valence-corrected chi connectivity index (χ3v) is 3.99. The lowest BCUT2D eigenvalue weighted by Gasteiger charge is -2.17. The van der Waals surface area contributed by atoms with Crippen molar-refractivity contribution in [3.8, 4) is 23.9 Å². The van der Waals surface area contributed by atoms with Crippen molar-refractivity contribution in [2.75, 3.05) is 5.73 Å². The second-order valence-electron chi connectivity index (χ2n) is 5.51. The molecule has 0 bridgehead atoms. The first-order valence-electron chi connectivity index (χ1n) is 7.41. The number of aryl methyl sites for hydroxylation is 1. The zero-order valence-electron chi connectivity index (χ0n) is 12.7. The molecule has 1 aliphatic rings. The molecule has 0 saturated heterocycles.